The molecule has 1 unspecified atom stereocenters. The van der Waals surface area contributed by atoms with E-state index in [9.17, 15) is 18.0 Å². The van der Waals surface area contributed by atoms with Crippen molar-refractivity contribution in [1.29, 1.82) is 0 Å². The number of rotatable bonds is 5. The quantitative estimate of drug-likeness (QED) is 0.813. The van der Waals surface area contributed by atoms with Crippen molar-refractivity contribution in [3.05, 3.63) is 5.82 Å². The average Bonchev–Trinajstić information content (AvgIpc) is 2.64. The Labute approximate surface area is 102 Å². The van der Waals surface area contributed by atoms with Crippen LogP contribution in [-0.4, -0.2) is 36.2 Å². The molecule has 0 aliphatic rings. The van der Waals surface area contributed by atoms with Gasteiger partial charge in [0.1, 0.15) is 5.78 Å². The first kappa shape index (κ1) is 14.5. The van der Waals surface area contributed by atoms with E-state index in [0.717, 1.165) is 6.92 Å². The van der Waals surface area contributed by atoms with Crippen molar-refractivity contribution >= 4 is 11.8 Å². The topological polar surface area (TPSA) is 59.2 Å². The lowest BCUT2D eigenvalue weighted by molar-refractivity contribution is -0.173. The summed E-state index contributed by atoms with van der Waals surface area (Å²) in [6, 6.07) is 0.210. The summed E-state index contributed by atoms with van der Waals surface area (Å²) in [6.45, 7) is 0.972. The summed E-state index contributed by atoms with van der Waals surface area (Å²) >= 11 is 0. The standard InChI is InChI=1S/C10H14F3N3O2/c1-6(10(11,12)13)4-7(17)5-8-14-9(16(2)3)18-15-8/h6H,4-5H2,1-3H3. The Hall–Kier alpha value is -1.60. The molecule has 0 bridgehead atoms. The summed E-state index contributed by atoms with van der Waals surface area (Å²) in [7, 11) is 3.34. The molecule has 0 fully saturated rings. The van der Waals surface area contributed by atoms with Crippen LogP contribution in [0.15, 0.2) is 4.52 Å². The zero-order valence-corrected chi connectivity index (χ0v) is 10.3. The van der Waals surface area contributed by atoms with Gasteiger partial charge >= 0.3 is 12.2 Å². The molecule has 102 valence electrons. The smallest absolute Gasteiger partial charge is 0.331 e. The predicted octanol–water partition coefficient (Wildman–Crippen LogP) is 1.84. The fraction of sp³-hybridized carbons (Fsp3) is 0.700. The Morgan fingerprint density at radius 2 is 2.06 bits per heavy atom. The number of aromatic nitrogens is 2. The van der Waals surface area contributed by atoms with Crippen LogP contribution in [0.1, 0.15) is 19.2 Å². The summed E-state index contributed by atoms with van der Waals surface area (Å²) in [5.74, 6) is -2.13. The maximum Gasteiger partial charge on any atom is 0.391 e. The summed E-state index contributed by atoms with van der Waals surface area (Å²) in [4.78, 5) is 16.8. The number of nitrogens with zero attached hydrogens (tertiary/aromatic N) is 3. The molecule has 0 aliphatic heterocycles. The predicted molar refractivity (Wildman–Crippen MR) is 57.2 cm³/mol. The monoisotopic (exact) mass is 265 g/mol. The highest BCUT2D eigenvalue weighted by atomic mass is 19.4. The van der Waals surface area contributed by atoms with E-state index in [2.05, 4.69) is 10.1 Å². The second-order valence-corrected chi connectivity index (χ2v) is 4.25. The van der Waals surface area contributed by atoms with Gasteiger partial charge < -0.3 is 9.42 Å². The molecule has 1 heterocycles. The molecule has 0 N–H and O–H groups in total. The van der Waals surface area contributed by atoms with Gasteiger partial charge in [-0.3, -0.25) is 4.79 Å². The molecule has 0 aromatic carbocycles. The van der Waals surface area contributed by atoms with Crippen LogP contribution in [0.3, 0.4) is 0 Å². The van der Waals surface area contributed by atoms with Crippen LogP contribution >= 0.6 is 0 Å². The third-order valence-electron chi connectivity index (χ3n) is 2.29. The van der Waals surface area contributed by atoms with Gasteiger partial charge in [-0.1, -0.05) is 12.1 Å². The molecular formula is C10H14F3N3O2. The van der Waals surface area contributed by atoms with E-state index in [1.165, 1.54) is 0 Å². The fourth-order valence-electron chi connectivity index (χ4n) is 1.20. The van der Waals surface area contributed by atoms with Crippen molar-refractivity contribution in [1.82, 2.24) is 10.1 Å². The van der Waals surface area contributed by atoms with Gasteiger partial charge in [-0.05, 0) is 0 Å². The molecule has 0 aliphatic carbocycles. The highest BCUT2D eigenvalue weighted by Crippen LogP contribution is 2.28. The van der Waals surface area contributed by atoms with Crippen molar-refractivity contribution in [2.75, 3.05) is 19.0 Å². The van der Waals surface area contributed by atoms with Crippen LogP contribution in [0.2, 0.25) is 0 Å². The van der Waals surface area contributed by atoms with Crippen LogP contribution in [0.4, 0.5) is 19.2 Å². The number of Topliss-reactive ketones (excluding diaryl/α,β-unsaturated/α-hetero) is 1. The van der Waals surface area contributed by atoms with Crippen LogP contribution in [0, 0.1) is 5.92 Å². The van der Waals surface area contributed by atoms with E-state index in [4.69, 9.17) is 4.52 Å². The molecule has 18 heavy (non-hydrogen) atoms. The highest BCUT2D eigenvalue weighted by molar-refractivity contribution is 5.80. The summed E-state index contributed by atoms with van der Waals surface area (Å²) in [6.07, 6.45) is -5.19. The summed E-state index contributed by atoms with van der Waals surface area (Å²) < 4.78 is 41.5. The van der Waals surface area contributed by atoms with Gasteiger partial charge in [0.05, 0.1) is 12.3 Å². The van der Waals surface area contributed by atoms with E-state index < -0.39 is 24.3 Å². The minimum absolute atomic E-state index is 0.0954. The second-order valence-electron chi connectivity index (χ2n) is 4.25. The van der Waals surface area contributed by atoms with Crippen molar-refractivity contribution in [3.63, 3.8) is 0 Å². The number of ketones is 1. The molecule has 1 atom stereocenters. The zero-order chi connectivity index (χ0) is 13.9. The summed E-state index contributed by atoms with van der Waals surface area (Å²) in [5, 5.41) is 3.52. The number of hydrogen-bond acceptors (Lipinski definition) is 5. The van der Waals surface area contributed by atoms with Gasteiger partial charge in [0, 0.05) is 20.5 Å². The van der Waals surface area contributed by atoms with Gasteiger partial charge in [0.25, 0.3) is 0 Å². The molecule has 8 heteroatoms. The van der Waals surface area contributed by atoms with Crippen molar-refractivity contribution in [3.8, 4) is 0 Å². The van der Waals surface area contributed by atoms with Crippen molar-refractivity contribution in [2.45, 2.75) is 25.9 Å². The molecular weight excluding hydrogens is 251 g/mol. The molecule has 0 saturated carbocycles. The fourth-order valence-corrected chi connectivity index (χ4v) is 1.20. The molecule has 5 nitrogen and oxygen atoms in total. The van der Waals surface area contributed by atoms with Crippen molar-refractivity contribution < 1.29 is 22.5 Å². The van der Waals surface area contributed by atoms with Gasteiger partial charge in [-0.2, -0.15) is 18.2 Å². The normalized spacial score (nSPS) is 13.4. The Morgan fingerprint density at radius 1 is 1.44 bits per heavy atom. The molecule has 0 radical (unpaired) electrons. The van der Waals surface area contributed by atoms with Crippen LogP contribution in [0.5, 0.6) is 0 Å². The van der Waals surface area contributed by atoms with Crippen molar-refractivity contribution in [2.24, 2.45) is 5.92 Å². The third-order valence-corrected chi connectivity index (χ3v) is 2.29. The maximum absolute atomic E-state index is 12.2. The molecule has 0 saturated heterocycles. The lowest BCUT2D eigenvalue weighted by atomic mass is 10.0. The number of carbonyl (C=O) groups is 1. The second kappa shape index (κ2) is 5.36. The van der Waals surface area contributed by atoms with Gasteiger partial charge in [-0.15, -0.1) is 0 Å². The Morgan fingerprint density at radius 3 is 2.50 bits per heavy atom. The van der Waals surface area contributed by atoms with Gasteiger partial charge in [0.15, 0.2) is 5.82 Å². The maximum atomic E-state index is 12.2. The molecule has 0 amide bonds. The molecule has 1 rings (SSSR count). The number of anilines is 1. The van der Waals surface area contributed by atoms with E-state index in [1.807, 2.05) is 0 Å². The Balaban J connectivity index is 2.54. The zero-order valence-electron chi connectivity index (χ0n) is 10.3. The minimum Gasteiger partial charge on any atom is -0.331 e. The number of halogens is 3. The largest absolute Gasteiger partial charge is 0.391 e. The highest BCUT2D eigenvalue weighted by Gasteiger charge is 2.37. The average molecular weight is 265 g/mol. The Kier molecular flexibility index (Phi) is 4.31. The van der Waals surface area contributed by atoms with E-state index in [0.29, 0.717) is 0 Å². The number of hydrogen-bond donors (Lipinski definition) is 0. The third kappa shape index (κ3) is 4.01. The van der Waals surface area contributed by atoms with Crippen LogP contribution in [-0.2, 0) is 11.2 Å². The summed E-state index contributed by atoms with van der Waals surface area (Å²) in [5.41, 5.74) is 0. The number of alkyl halides is 3. The Bertz CT molecular complexity index is 415. The molecule has 0 spiro atoms. The van der Waals surface area contributed by atoms with Gasteiger partial charge in [-0.25, -0.2) is 0 Å². The van der Waals surface area contributed by atoms with E-state index in [1.54, 1.807) is 19.0 Å². The first-order chi connectivity index (χ1) is 8.20. The SMILES string of the molecule is CC(CC(=O)Cc1noc(N(C)C)n1)C(F)(F)F. The number of carbonyl (C=O) groups excluding carboxylic acids is 1. The first-order valence-corrected chi connectivity index (χ1v) is 5.28. The minimum atomic E-state index is -4.36. The van der Waals surface area contributed by atoms with Crippen LogP contribution < -0.4 is 4.90 Å². The lowest BCUT2D eigenvalue weighted by Gasteiger charge is -2.13. The van der Waals surface area contributed by atoms with E-state index >= 15 is 0 Å². The van der Waals surface area contributed by atoms with Gasteiger partial charge in [0.2, 0.25) is 0 Å². The molecule has 1 aromatic rings. The molecule has 1 aromatic heterocycles. The van der Waals surface area contributed by atoms with Crippen LogP contribution in [0.25, 0.3) is 0 Å². The lowest BCUT2D eigenvalue weighted by Crippen LogP contribution is -2.23. The van der Waals surface area contributed by atoms with E-state index in [-0.39, 0.29) is 18.3 Å². The first-order valence-electron chi connectivity index (χ1n) is 5.28.